The van der Waals surface area contributed by atoms with E-state index in [-0.39, 0.29) is 5.78 Å². The van der Waals surface area contributed by atoms with Gasteiger partial charge < -0.3 is 4.74 Å². The number of carbonyl (C=O) groups excluding carboxylic acids is 1. The Bertz CT molecular complexity index is 380. The molecule has 0 radical (unpaired) electrons. The van der Waals surface area contributed by atoms with E-state index in [9.17, 15) is 4.79 Å². The van der Waals surface area contributed by atoms with Crippen LogP contribution in [-0.4, -0.2) is 12.4 Å². The number of benzene rings is 1. The number of ketones is 1. The van der Waals surface area contributed by atoms with Gasteiger partial charge in [-0.15, -0.1) is 0 Å². The van der Waals surface area contributed by atoms with Gasteiger partial charge in [0.25, 0.3) is 0 Å². The van der Waals surface area contributed by atoms with Crippen LogP contribution in [0.5, 0.6) is 5.75 Å². The summed E-state index contributed by atoms with van der Waals surface area (Å²) in [7, 11) is 0. The van der Waals surface area contributed by atoms with E-state index in [0.29, 0.717) is 18.6 Å². The molecule has 0 atom stereocenters. The fourth-order valence-corrected chi connectivity index (χ4v) is 1.43. The SMILES string of the molecule is C=C(C)C(=O)CCc1cccc(OCC)c1. The lowest BCUT2D eigenvalue weighted by atomic mass is 10.0. The number of allylic oxidation sites excluding steroid dienone is 1. The van der Waals surface area contributed by atoms with Crippen LogP contribution in [0.2, 0.25) is 0 Å². The lowest BCUT2D eigenvalue weighted by molar-refractivity contribution is -0.115. The molecule has 0 N–H and O–H groups in total. The Morgan fingerprint density at radius 2 is 2.19 bits per heavy atom. The molecule has 16 heavy (non-hydrogen) atoms. The van der Waals surface area contributed by atoms with Gasteiger partial charge in [0.15, 0.2) is 5.78 Å². The fraction of sp³-hybridized carbons (Fsp3) is 0.357. The highest BCUT2D eigenvalue weighted by Crippen LogP contribution is 2.15. The second-order valence-corrected chi connectivity index (χ2v) is 3.78. The Balaban J connectivity index is 2.57. The van der Waals surface area contributed by atoms with Gasteiger partial charge in [-0.05, 0) is 43.5 Å². The molecule has 0 saturated heterocycles. The molecule has 1 aromatic rings. The lowest BCUT2D eigenvalue weighted by Gasteiger charge is -2.05. The molecule has 0 amide bonds. The quantitative estimate of drug-likeness (QED) is 0.685. The summed E-state index contributed by atoms with van der Waals surface area (Å²) in [5, 5.41) is 0. The minimum atomic E-state index is 0.127. The maximum atomic E-state index is 11.4. The van der Waals surface area contributed by atoms with Crippen LogP contribution in [0.15, 0.2) is 36.4 Å². The lowest BCUT2D eigenvalue weighted by Crippen LogP contribution is -2.00. The van der Waals surface area contributed by atoms with Crippen molar-refractivity contribution in [1.29, 1.82) is 0 Å². The van der Waals surface area contributed by atoms with Crippen molar-refractivity contribution in [2.75, 3.05) is 6.61 Å². The van der Waals surface area contributed by atoms with Crippen molar-refractivity contribution < 1.29 is 9.53 Å². The summed E-state index contributed by atoms with van der Waals surface area (Å²) in [5.41, 5.74) is 1.75. The predicted molar refractivity (Wildman–Crippen MR) is 65.8 cm³/mol. The van der Waals surface area contributed by atoms with E-state index in [1.807, 2.05) is 31.2 Å². The number of carbonyl (C=O) groups is 1. The van der Waals surface area contributed by atoms with Gasteiger partial charge in [-0.1, -0.05) is 18.7 Å². The smallest absolute Gasteiger partial charge is 0.158 e. The first-order chi connectivity index (χ1) is 7.63. The number of hydrogen-bond donors (Lipinski definition) is 0. The number of rotatable bonds is 6. The highest BCUT2D eigenvalue weighted by Gasteiger charge is 2.03. The van der Waals surface area contributed by atoms with E-state index in [1.165, 1.54) is 0 Å². The highest BCUT2D eigenvalue weighted by atomic mass is 16.5. The third-order valence-electron chi connectivity index (χ3n) is 2.33. The zero-order chi connectivity index (χ0) is 12.0. The number of hydrogen-bond acceptors (Lipinski definition) is 2. The van der Waals surface area contributed by atoms with Crippen LogP contribution in [0.1, 0.15) is 25.8 Å². The average Bonchev–Trinajstić information content (AvgIpc) is 2.26. The van der Waals surface area contributed by atoms with Crippen LogP contribution in [0.25, 0.3) is 0 Å². The molecular formula is C14H18O2. The third-order valence-corrected chi connectivity index (χ3v) is 2.33. The van der Waals surface area contributed by atoms with Gasteiger partial charge in [-0.3, -0.25) is 4.79 Å². The summed E-state index contributed by atoms with van der Waals surface area (Å²) < 4.78 is 5.40. The largest absolute Gasteiger partial charge is 0.494 e. The molecule has 0 heterocycles. The highest BCUT2D eigenvalue weighted by molar-refractivity contribution is 5.94. The van der Waals surface area contributed by atoms with Crippen LogP contribution < -0.4 is 4.74 Å². The van der Waals surface area contributed by atoms with E-state index < -0.39 is 0 Å². The summed E-state index contributed by atoms with van der Waals surface area (Å²) in [6.45, 7) is 8.01. The van der Waals surface area contributed by atoms with Gasteiger partial charge in [0.1, 0.15) is 5.75 Å². The Labute approximate surface area is 96.9 Å². The first-order valence-corrected chi connectivity index (χ1v) is 5.54. The maximum Gasteiger partial charge on any atom is 0.158 e. The van der Waals surface area contributed by atoms with E-state index >= 15 is 0 Å². The van der Waals surface area contributed by atoms with Crippen LogP contribution >= 0.6 is 0 Å². The zero-order valence-electron chi connectivity index (χ0n) is 9.95. The molecular weight excluding hydrogens is 200 g/mol. The van der Waals surface area contributed by atoms with Crippen LogP contribution in [0, 0.1) is 0 Å². The summed E-state index contributed by atoms with van der Waals surface area (Å²) >= 11 is 0. The monoisotopic (exact) mass is 218 g/mol. The van der Waals surface area contributed by atoms with Gasteiger partial charge in [0, 0.05) is 6.42 Å². The molecule has 0 spiro atoms. The van der Waals surface area contributed by atoms with Gasteiger partial charge in [-0.2, -0.15) is 0 Å². The number of ether oxygens (including phenoxy) is 1. The molecule has 0 aliphatic carbocycles. The van der Waals surface area contributed by atoms with E-state index in [1.54, 1.807) is 6.92 Å². The van der Waals surface area contributed by atoms with Crippen LogP contribution in [0.4, 0.5) is 0 Å². The molecule has 0 unspecified atom stereocenters. The van der Waals surface area contributed by atoms with Crippen molar-refractivity contribution in [3.05, 3.63) is 42.0 Å². The van der Waals surface area contributed by atoms with Gasteiger partial charge in [0.05, 0.1) is 6.61 Å². The minimum Gasteiger partial charge on any atom is -0.494 e. The second-order valence-electron chi connectivity index (χ2n) is 3.78. The summed E-state index contributed by atoms with van der Waals surface area (Å²) in [6, 6.07) is 7.86. The normalized spacial score (nSPS) is 9.88. The second kappa shape index (κ2) is 6.11. The molecule has 2 nitrogen and oxygen atoms in total. The first kappa shape index (κ1) is 12.5. The van der Waals surface area contributed by atoms with Crippen molar-refractivity contribution in [3.8, 4) is 5.75 Å². The molecule has 0 fully saturated rings. The molecule has 86 valence electrons. The minimum absolute atomic E-state index is 0.127. The summed E-state index contributed by atoms with van der Waals surface area (Å²) in [5.74, 6) is 0.990. The standard InChI is InChI=1S/C14H18O2/c1-4-16-13-7-5-6-12(10-13)8-9-14(15)11(2)3/h5-7,10H,2,4,8-9H2,1,3H3. The fourth-order valence-electron chi connectivity index (χ4n) is 1.43. The van der Waals surface area contributed by atoms with Gasteiger partial charge in [0.2, 0.25) is 0 Å². The van der Waals surface area contributed by atoms with Gasteiger partial charge >= 0.3 is 0 Å². The van der Waals surface area contributed by atoms with Crippen molar-refractivity contribution in [2.45, 2.75) is 26.7 Å². The molecule has 1 rings (SSSR count). The number of aryl methyl sites for hydroxylation is 1. The first-order valence-electron chi connectivity index (χ1n) is 5.54. The zero-order valence-corrected chi connectivity index (χ0v) is 9.95. The number of Topliss-reactive ketones (excluding diaryl/α,β-unsaturated/α-hetero) is 1. The molecule has 0 aliphatic heterocycles. The third kappa shape index (κ3) is 3.89. The summed E-state index contributed by atoms with van der Waals surface area (Å²) in [6.07, 6.45) is 1.26. The van der Waals surface area contributed by atoms with Crippen molar-refractivity contribution in [3.63, 3.8) is 0 Å². The average molecular weight is 218 g/mol. The molecule has 2 heteroatoms. The molecule has 0 saturated carbocycles. The van der Waals surface area contributed by atoms with Crippen LogP contribution in [-0.2, 0) is 11.2 Å². The molecule has 0 aromatic heterocycles. The Morgan fingerprint density at radius 3 is 2.81 bits per heavy atom. The Kier molecular flexibility index (Phi) is 4.77. The summed E-state index contributed by atoms with van der Waals surface area (Å²) in [4.78, 5) is 11.4. The Morgan fingerprint density at radius 1 is 1.44 bits per heavy atom. The predicted octanol–water partition coefficient (Wildman–Crippen LogP) is 3.16. The maximum absolute atomic E-state index is 11.4. The van der Waals surface area contributed by atoms with E-state index in [4.69, 9.17) is 4.74 Å². The Hall–Kier alpha value is -1.57. The van der Waals surface area contributed by atoms with E-state index in [0.717, 1.165) is 17.7 Å². The topological polar surface area (TPSA) is 26.3 Å². The van der Waals surface area contributed by atoms with E-state index in [2.05, 4.69) is 6.58 Å². The van der Waals surface area contributed by atoms with Crippen molar-refractivity contribution in [2.24, 2.45) is 0 Å². The molecule has 1 aromatic carbocycles. The van der Waals surface area contributed by atoms with Crippen molar-refractivity contribution in [1.82, 2.24) is 0 Å². The molecule has 0 bridgehead atoms. The molecule has 0 aliphatic rings. The van der Waals surface area contributed by atoms with Crippen molar-refractivity contribution >= 4 is 5.78 Å². The van der Waals surface area contributed by atoms with Gasteiger partial charge in [-0.25, -0.2) is 0 Å². The van der Waals surface area contributed by atoms with Crippen LogP contribution in [0.3, 0.4) is 0 Å².